The first-order chi connectivity index (χ1) is 8.69. The van der Waals surface area contributed by atoms with Gasteiger partial charge in [0.25, 0.3) is 0 Å². The second-order valence-corrected chi connectivity index (χ2v) is 4.66. The number of urea groups is 1. The molecule has 0 bridgehead atoms. The van der Waals surface area contributed by atoms with Gasteiger partial charge in [0.05, 0.1) is 0 Å². The lowest BCUT2D eigenvalue weighted by Crippen LogP contribution is -2.53. The maximum atomic E-state index is 11.9. The Bertz CT molecular complexity index is 273. The average Bonchev–Trinajstić information content (AvgIpc) is 2.39. The molecule has 104 valence electrons. The van der Waals surface area contributed by atoms with Crippen molar-refractivity contribution in [2.45, 2.75) is 39.5 Å². The summed E-state index contributed by atoms with van der Waals surface area (Å²) in [5.41, 5.74) is 0. The molecular weight excluding hydrogens is 230 g/mol. The number of hydrogen-bond acceptors (Lipinski definition) is 2. The molecule has 0 aromatic rings. The minimum Gasteiger partial charge on any atom is -0.339 e. The molecule has 1 heterocycles. The third-order valence-electron chi connectivity index (χ3n) is 3.24. The summed E-state index contributed by atoms with van der Waals surface area (Å²) in [7, 11) is 0. The summed E-state index contributed by atoms with van der Waals surface area (Å²) in [6.07, 6.45) is 3.88. The van der Waals surface area contributed by atoms with Gasteiger partial charge in [-0.3, -0.25) is 4.79 Å². The number of rotatable bonds is 5. The van der Waals surface area contributed by atoms with Crippen LogP contribution < -0.4 is 5.32 Å². The van der Waals surface area contributed by atoms with E-state index in [-0.39, 0.29) is 11.9 Å². The van der Waals surface area contributed by atoms with E-state index in [1.54, 1.807) is 4.90 Å². The Morgan fingerprint density at radius 2 is 1.61 bits per heavy atom. The zero-order chi connectivity index (χ0) is 13.4. The van der Waals surface area contributed by atoms with Crippen LogP contribution in [-0.2, 0) is 4.79 Å². The highest BCUT2D eigenvalue weighted by molar-refractivity contribution is 5.77. The summed E-state index contributed by atoms with van der Waals surface area (Å²) < 4.78 is 0. The quantitative estimate of drug-likeness (QED) is 0.756. The molecule has 18 heavy (non-hydrogen) atoms. The van der Waals surface area contributed by atoms with E-state index in [2.05, 4.69) is 12.2 Å². The molecule has 0 spiro atoms. The van der Waals surface area contributed by atoms with Gasteiger partial charge in [-0.05, 0) is 13.3 Å². The molecule has 0 aromatic carbocycles. The minimum atomic E-state index is -0.0180. The SMILES string of the molecule is CCCCCC(=O)N1CCN(C(=O)NCC)CC1. The number of nitrogens with zero attached hydrogens (tertiary/aromatic N) is 2. The number of nitrogens with one attached hydrogen (secondary N) is 1. The maximum absolute atomic E-state index is 11.9. The van der Waals surface area contributed by atoms with Crippen LogP contribution >= 0.6 is 0 Å². The first-order valence-corrected chi connectivity index (χ1v) is 6.99. The normalized spacial score (nSPS) is 15.7. The van der Waals surface area contributed by atoms with Crippen LogP contribution in [0.1, 0.15) is 39.5 Å². The van der Waals surface area contributed by atoms with Crippen molar-refractivity contribution in [2.75, 3.05) is 32.7 Å². The van der Waals surface area contributed by atoms with Crippen molar-refractivity contribution in [3.8, 4) is 0 Å². The van der Waals surface area contributed by atoms with Gasteiger partial charge in [0.15, 0.2) is 0 Å². The molecule has 0 radical (unpaired) electrons. The Morgan fingerprint density at radius 1 is 1.00 bits per heavy atom. The Balaban J connectivity index is 2.26. The highest BCUT2D eigenvalue weighted by Gasteiger charge is 2.23. The predicted molar refractivity (Wildman–Crippen MR) is 71.4 cm³/mol. The molecule has 1 saturated heterocycles. The van der Waals surface area contributed by atoms with Crippen molar-refractivity contribution in [1.29, 1.82) is 0 Å². The second-order valence-electron chi connectivity index (χ2n) is 4.66. The topological polar surface area (TPSA) is 52.7 Å². The lowest BCUT2D eigenvalue weighted by Gasteiger charge is -2.34. The number of amides is 3. The molecule has 0 aliphatic carbocycles. The van der Waals surface area contributed by atoms with Crippen molar-refractivity contribution in [3.63, 3.8) is 0 Å². The van der Waals surface area contributed by atoms with Crippen LogP contribution in [0.15, 0.2) is 0 Å². The molecule has 1 aliphatic heterocycles. The number of piperazine rings is 1. The van der Waals surface area contributed by atoms with E-state index in [0.29, 0.717) is 39.1 Å². The van der Waals surface area contributed by atoms with Crippen LogP contribution in [0.3, 0.4) is 0 Å². The summed E-state index contributed by atoms with van der Waals surface area (Å²) in [4.78, 5) is 27.1. The summed E-state index contributed by atoms with van der Waals surface area (Å²) in [6.45, 7) is 7.32. The Labute approximate surface area is 110 Å². The highest BCUT2D eigenvalue weighted by atomic mass is 16.2. The lowest BCUT2D eigenvalue weighted by atomic mass is 10.2. The van der Waals surface area contributed by atoms with Gasteiger partial charge in [-0.25, -0.2) is 4.79 Å². The predicted octanol–water partition coefficient (Wildman–Crippen LogP) is 1.44. The number of carbonyl (C=O) groups excluding carboxylic acids is 2. The third-order valence-corrected chi connectivity index (χ3v) is 3.24. The van der Waals surface area contributed by atoms with Crippen molar-refractivity contribution in [3.05, 3.63) is 0 Å². The van der Waals surface area contributed by atoms with E-state index in [9.17, 15) is 9.59 Å². The molecule has 0 aromatic heterocycles. The minimum absolute atomic E-state index is 0.0180. The van der Waals surface area contributed by atoms with Crippen LogP contribution in [0.2, 0.25) is 0 Å². The molecule has 3 amide bonds. The first kappa shape index (κ1) is 14.8. The molecule has 1 N–H and O–H groups in total. The summed E-state index contributed by atoms with van der Waals surface area (Å²) in [5.74, 6) is 0.235. The van der Waals surface area contributed by atoms with E-state index < -0.39 is 0 Å². The van der Waals surface area contributed by atoms with Gasteiger partial charge in [0.1, 0.15) is 0 Å². The van der Waals surface area contributed by atoms with Gasteiger partial charge in [-0.1, -0.05) is 19.8 Å². The standard InChI is InChI=1S/C13H25N3O2/c1-3-5-6-7-12(17)15-8-10-16(11-9-15)13(18)14-4-2/h3-11H2,1-2H3,(H,14,18). The largest absolute Gasteiger partial charge is 0.339 e. The Morgan fingerprint density at radius 3 is 2.17 bits per heavy atom. The van der Waals surface area contributed by atoms with Crippen molar-refractivity contribution in [2.24, 2.45) is 0 Å². The fraction of sp³-hybridized carbons (Fsp3) is 0.846. The van der Waals surface area contributed by atoms with Crippen LogP contribution in [0.5, 0.6) is 0 Å². The Hall–Kier alpha value is -1.26. The highest BCUT2D eigenvalue weighted by Crippen LogP contribution is 2.07. The van der Waals surface area contributed by atoms with Gasteiger partial charge < -0.3 is 15.1 Å². The van der Waals surface area contributed by atoms with Gasteiger partial charge in [0, 0.05) is 39.1 Å². The molecule has 1 fully saturated rings. The van der Waals surface area contributed by atoms with Gasteiger partial charge in [-0.15, -0.1) is 0 Å². The van der Waals surface area contributed by atoms with Crippen LogP contribution in [0.4, 0.5) is 4.79 Å². The van der Waals surface area contributed by atoms with E-state index in [1.807, 2.05) is 11.8 Å². The smallest absolute Gasteiger partial charge is 0.317 e. The van der Waals surface area contributed by atoms with Crippen molar-refractivity contribution < 1.29 is 9.59 Å². The summed E-state index contributed by atoms with van der Waals surface area (Å²) >= 11 is 0. The summed E-state index contributed by atoms with van der Waals surface area (Å²) in [6, 6.07) is -0.0180. The zero-order valence-corrected chi connectivity index (χ0v) is 11.6. The molecule has 0 unspecified atom stereocenters. The number of unbranched alkanes of at least 4 members (excludes halogenated alkanes) is 2. The molecule has 0 saturated carbocycles. The van der Waals surface area contributed by atoms with Gasteiger partial charge >= 0.3 is 6.03 Å². The molecule has 1 aliphatic rings. The third kappa shape index (κ3) is 4.55. The maximum Gasteiger partial charge on any atom is 0.317 e. The number of hydrogen-bond donors (Lipinski definition) is 1. The van der Waals surface area contributed by atoms with Gasteiger partial charge in [0.2, 0.25) is 5.91 Å². The van der Waals surface area contributed by atoms with E-state index in [4.69, 9.17) is 0 Å². The monoisotopic (exact) mass is 255 g/mol. The van der Waals surface area contributed by atoms with Crippen LogP contribution in [-0.4, -0.2) is 54.5 Å². The molecule has 0 atom stereocenters. The second kappa shape index (κ2) is 7.95. The molecule has 5 heteroatoms. The summed E-state index contributed by atoms with van der Waals surface area (Å²) in [5, 5.41) is 2.78. The zero-order valence-electron chi connectivity index (χ0n) is 11.6. The average molecular weight is 255 g/mol. The molecule has 1 rings (SSSR count). The van der Waals surface area contributed by atoms with Crippen LogP contribution in [0, 0.1) is 0 Å². The van der Waals surface area contributed by atoms with Crippen LogP contribution in [0.25, 0.3) is 0 Å². The van der Waals surface area contributed by atoms with E-state index in [1.165, 1.54) is 0 Å². The number of carbonyl (C=O) groups is 2. The molecule has 5 nitrogen and oxygen atoms in total. The fourth-order valence-electron chi connectivity index (χ4n) is 2.11. The first-order valence-electron chi connectivity index (χ1n) is 6.99. The lowest BCUT2D eigenvalue weighted by molar-refractivity contribution is -0.132. The van der Waals surface area contributed by atoms with E-state index in [0.717, 1.165) is 19.3 Å². The van der Waals surface area contributed by atoms with Crippen molar-refractivity contribution >= 4 is 11.9 Å². The van der Waals surface area contributed by atoms with Crippen molar-refractivity contribution in [1.82, 2.24) is 15.1 Å². The van der Waals surface area contributed by atoms with Gasteiger partial charge in [-0.2, -0.15) is 0 Å². The van der Waals surface area contributed by atoms with E-state index >= 15 is 0 Å². The fourth-order valence-corrected chi connectivity index (χ4v) is 2.11. The Kier molecular flexibility index (Phi) is 6.54. The molecular formula is C13H25N3O2.